The predicted molar refractivity (Wildman–Crippen MR) is 97.6 cm³/mol. The Morgan fingerprint density at radius 3 is 2.28 bits per heavy atom. The van der Waals surface area contributed by atoms with Gasteiger partial charge in [0.25, 0.3) is 5.91 Å². The molecule has 0 bridgehead atoms. The number of halogens is 2. The first-order valence-electron chi connectivity index (χ1n) is 7.86. The van der Waals surface area contributed by atoms with Crippen LogP contribution in [0.15, 0.2) is 69.6 Å². The highest BCUT2D eigenvalue weighted by molar-refractivity contribution is 9.10. The Balaban J connectivity index is 1.85. The molecule has 0 fully saturated rings. The van der Waals surface area contributed by atoms with Gasteiger partial charge in [0, 0.05) is 16.6 Å². The van der Waals surface area contributed by atoms with Crippen molar-refractivity contribution in [1.29, 1.82) is 0 Å². The third-order valence-corrected chi connectivity index (χ3v) is 4.34. The lowest BCUT2D eigenvalue weighted by atomic mass is 10.1. The number of carbonyl (C=O) groups excluding carboxylic acids is 1. The molecule has 0 radical (unpaired) electrons. The van der Waals surface area contributed by atoms with Crippen molar-refractivity contribution in [1.82, 2.24) is 4.90 Å². The third kappa shape index (κ3) is 4.57. The lowest BCUT2D eigenvalue weighted by Crippen LogP contribution is -2.30. The molecule has 25 heavy (non-hydrogen) atoms. The maximum Gasteiger partial charge on any atom is 0.254 e. The summed E-state index contributed by atoms with van der Waals surface area (Å²) in [5.41, 5.74) is 1.45. The molecule has 3 rings (SSSR count). The van der Waals surface area contributed by atoms with Crippen molar-refractivity contribution in [3.05, 3.63) is 93.6 Å². The number of benzene rings is 2. The molecule has 0 spiro atoms. The van der Waals surface area contributed by atoms with Crippen molar-refractivity contribution in [2.24, 2.45) is 0 Å². The molecule has 0 unspecified atom stereocenters. The molecule has 0 atom stereocenters. The number of amides is 1. The summed E-state index contributed by atoms with van der Waals surface area (Å²) in [5.74, 6) is 1.11. The number of hydrogen-bond acceptors (Lipinski definition) is 2. The SMILES string of the molecule is Cc1ccc(CN(Cc2ccc(F)cc2)C(=O)c2ccc(Br)cc2)o1. The molecule has 0 aliphatic carbocycles. The van der Waals surface area contributed by atoms with E-state index in [9.17, 15) is 9.18 Å². The van der Waals surface area contributed by atoms with Crippen LogP contribution in [0, 0.1) is 12.7 Å². The normalized spacial score (nSPS) is 10.7. The van der Waals surface area contributed by atoms with Crippen LogP contribution in [0.4, 0.5) is 4.39 Å². The van der Waals surface area contributed by atoms with Crippen molar-refractivity contribution < 1.29 is 13.6 Å². The lowest BCUT2D eigenvalue weighted by molar-refractivity contribution is 0.0717. The van der Waals surface area contributed by atoms with Crippen LogP contribution in [0.2, 0.25) is 0 Å². The molecule has 1 amide bonds. The van der Waals surface area contributed by atoms with Crippen LogP contribution in [-0.4, -0.2) is 10.8 Å². The average Bonchev–Trinajstić information content (AvgIpc) is 3.01. The molecular formula is C20H17BrFNO2. The van der Waals surface area contributed by atoms with E-state index in [-0.39, 0.29) is 11.7 Å². The molecule has 128 valence electrons. The Kier molecular flexibility index (Phi) is 5.34. The zero-order valence-corrected chi connectivity index (χ0v) is 15.3. The van der Waals surface area contributed by atoms with Gasteiger partial charge in [-0.1, -0.05) is 28.1 Å². The number of rotatable bonds is 5. The van der Waals surface area contributed by atoms with Crippen molar-refractivity contribution in [2.75, 3.05) is 0 Å². The largest absolute Gasteiger partial charge is 0.464 e. The molecule has 5 heteroatoms. The van der Waals surface area contributed by atoms with E-state index in [1.807, 2.05) is 31.2 Å². The van der Waals surface area contributed by atoms with Crippen LogP contribution in [0.5, 0.6) is 0 Å². The Bertz CT molecular complexity index is 856. The summed E-state index contributed by atoms with van der Waals surface area (Å²) < 4.78 is 19.7. The van der Waals surface area contributed by atoms with Gasteiger partial charge in [0.1, 0.15) is 17.3 Å². The summed E-state index contributed by atoms with van der Waals surface area (Å²) in [4.78, 5) is 14.6. The summed E-state index contributed by atoms with van der Waals surface area (Å²) in [5, 5.41) is 0. The number of carbonyl (C=O) groups is 1. The van der Waals surface area contributed by atoms with Crippen LogP contribution >= 0.6 is 15.9 Å². The van der Waals surface area contributed by atoms with Crippen LogP contribution in [-0.2, 0) is 13.1 Å². The molecule has 1 heterocycles. The molecule has 0 aliphatic rings. The van der Waals surface area contributed by atoms with E-state index in [1.165, 1.54) is 12.1 Å². The maximum atomic E-state index is 13.1. The summed E-state index contributed by atoms with van der Waals surface area (Å²) in [6.45, 7) is 2.58. The van der Waals surface area contributed by atoms with Gasteiger partial charge >= 0.3 is 0 Å². The molecule has 0 saturated heterocycles. The van der Waals surface area contributed by atoms with Gasteiger partial charge in [0.2, 0.25) is 0 Å². The molecular weight excluding hydrogens is 385 g/mol. The van der Waals surface area contributed by atoms with Gasteiger partial charge in [-0.3, -0.25) is 4.79 Å². The molecule has 3 aromatic rings. The van der Waals surface area contributed by atoms with Crippen molar-refractivity contribution in [2.45, 2.75) is 20.0 Å². The Morgan fingerprint density at radius 2 is 1.68 bits per heavy atom. The fourth-order valence-electron chi connectivity index (χ4n) is 2.54. The minimum Gasteiger partial charge on any atom is -0.464 e. The van der Waals surface area contributed by atoms with Gasteiger partial charge in [-0.2, -0.15) is 0 Å². The predicted octanol–water partition coefficient (Wildman–Crippen LogP) is 5.33. The fourth-order valence-corrected chi connectivity index (χ4v) is 2.81. The van der Waals surface area contributed by atoms with Gasteiger partial charge in [-0.25, -0.2) is 4.39 Å². The zero-order valence-electron chi connectivity index (χ0n) is 13.7. The van der Waals surface area contributed by atoms with Crippen LogP contribution in [0.3, 0.4) is 0 Å². The first-order valence-corrected chi connectivity index (χ1v) is 8.65. The number of hydrogen-bond donors (Lipinski definition) is 0. The van der Waals surface area contributed by atoms with Gasteiger partial charge in [0.15, 0.2) is 0 Å². The first kappa shape index (κ1) is 17.4. The lowest BCUT2D eigenvalue weighted by Gasteiger charge is -2.22. The minimum absolute atomic E-state index is 0.106. The van der Waals surface area contributed by atoms with Crippen LogP contribution in [0.25, 0.3) is 0 Å². The molecule has 1 aromatic heterocycles. The van der Waals surface area contributed by atoms with Crippen LogP contribution in [0.1, 0.15) is 27.4 Å². The zero-order chi connectivity index (χ0) is 17.8. The van der Waals surface area contributed by atoms with E-state index in [4.69, 9.17) is 4.42 Å². The molecule has 0 saturated carbocycles. The number of furan rings is 1. The second kappa shape index (κ2) is 7.66. The van der Waals surface area contributed by atoms with Crippen LogP contribution < -0.4 is 0 Å². The quantitative estimate of drug-likeness (QED) is 0.578. The maximum absolute atomic E-state index is 13.1. The molecule has 3 nitrogen and oxygen atoms in total. The van der Waals surface area contributed by atoms with E-state index < -0.39 is 0 Å². The highest BCUT2D eigenvalue weighted by Crippen LogP contribution is 2.18. The van der Waals surface area contributed by atoms with Gasteiger partial charge in [-0.05, 0) is 61.0 Å². The van der Waals surface area contributed by atoms with Crippen molar-refractivity contribution in [3.8, 4) is 0 Å². The monoisotopic (exact) mass is 401 g/mol. The molecule has 2 aromatic carbocycles. The second-order valence-corrected chi connectivity index (χ2v) is 6.72. The molecule has 0 aliphatic heterocycles. The number of nitrogens with zero attached hydrogens (tertiary/aromatic N) is 1. The van der Waals surface area contributed by atoms with E-state index in [0.29, 0.717) is 24.4 Å². The highest BCUT2D eigenvalue weighted by Gasteiger charge is 2.18. The van der Waals surface area contributed by atoms with Gasteiger partial charge in [-0.15, -0.1) is 0 Å². The summed E-state index contributed by atoms with van der Waals surface area (Å²) in [6.07, 6.45) is 0. The van der Waals surface area contributed by atoms with E-state index in [0.717, 1.165) is 15.8 Å². The minimum atomic E-state index is -0.295. The Morgan fingerprint density at radius 1 is 1.00 bits per heavy atom. The van der Waals surface area contributed by atoms with Crippen molar-refractivity contribution in [3.63, 3.8) is 0 Å². The Labute approximate surface area is 154 Å². The van der Waals surface area contributed by atoms with Gasteiger partial charge in [0.05, 0.1) is 6.54 Å². The topological polar surface area (TPSA) is 33.5 Å². The fraction of sp³-hybridized carbons (Fsp3) is 0.150. The third-order valence-electron chi connectivity index (χ3n) is 3.81. The molecule has 0 N–H and O–H groups in total. The standard InChI is InChI=1S/C20H17BrFNO2/c1-14-2-11-19(25-14)13-23(12-15-3-9-18(22)10-4-15)20(24)16-5-7-17(21)8-6-16/h2-11H,12-13H2,1H3. The number of aryl methyl sites for hydroxylation is 1. The first-order chi connectivity index (χ1) is 12.0. The summed E-state index contributed by atoms with van der Waals surface area (Å²) in [6, 6.07) is 17.1. The second-order valence-electron chi connectivity index (χ2n) is 5.81. The average molecular weight is 402 g/mol. The van der Waals surface area contributed by atoms with Crippen molar-refractivity contribution >= 4 is 21.8 Å². The Hall–Kier alpha value is -2.40. The van der Waals surface area contributed by atoms with E-state index in [1.54, 1.807) is 29.2 Å². The smallest absolute Gasteiger partial charge is 0.254 e. The summed E-state index contributed by atoms with van der Waals surface area (Å²) >= 11 is 3.37. The highest BCUT2D eigenvalue weighted by atomic mass is 79.9. The summed E-state index contributed by atoms with van der Waals surface area (Å²) in [7, 11) is 0. The van der Waals surface area contributed by atoms with E-state index >= 15 is 0 Å². The van der Waals surface area contributed by atoms with Gasteiger partial charge < -0.3 is 9.32 Å². The van der Waals surface area contributed by atoms with E-state index in [2.05, 4.69) is 15.9 Å².